The van der Waals surface area contributed by atoms with E-state index in [1.165, 1.54) is 0 Å². The van der Waals surface area contributed by atoms with Crippen LogP contribution in [0.3, 0.4) is 0 Å². The average molecular weight is 722 g/mol. The van der Waals surface area contributed by atoms with Gasteiger partial charge in [-0.3, -0.25) is 0 Å². The molecule has 0 aromatic heterocycles. The first kappa shape index (κ1) is 37.1. The zero-order valence-electron chi connectivity index (χ0n) is 31.8. The quantitative estimate of drug-likeness (QED) is 0.0942. The number of nitrogens with zero attached hydrogens (tertiary/aromatic N) is 3. The third-order valence-electron chi connectivity index (χ3n) is 9.57. The van der Waals surface area contributed by atoms with Gasteiger partial charge in [-0.15, -0.1) is 0 Å². The lowest BCUT2D eigenvalue weighted by atomic mass is 9.97. The molecule has 0 saturated heterocycles. The standard InChI is InChI=1S/C53H43N3/c1-38(42-20-9-5-10-21-42)34-52(54-40(3)46-28-17-30-48(35-46)44-24-13-7-14-25-44)51-33-19-32-50(37-51)49-31-18-29-47(36-49)41(4)56-53(45-26-15-8-16-27-45)55-39(2)43-22-11-6-12-23-43/h5-37H,2-3H2,1,4H3/b38-34+,54-52?,55-53?,56-41?. The fourth-order valence-electron chi connectivity index (χ4n) is 6.46. The van der Waals surface area contributed by atoms with E-state index in [-0.39, 0.29) is 0 Å². The number of amidine groups is 1. The van der Waals surface area contributed by atoms with Crippen molar-refractivity contribution in [2.45, 2.75) is 13.8 Å². The molecule has 270 valence electrons. The highest BCUT2D eigenvalue weighted by atomic mass is 14.9. The highest BCUT2D eigenvalue weighted by Gasteiger charge is 2.11. The Labute approximate surface area is 330 Å². The Morgan fingerprint density at radius 1 is 0.375 bits per heavy atom. The molecule has 7 rings (SSSR count). The van der Waals surface area contributed by atoms with Crippen LogP contribution in [0.15, 0.2) is 228 Å². The second-order valence-electron chi connectivity index (χ2n) is 13.6. The minimum absolute atomic E-state index is 0.611. The van der Waals surface area contributed by atoms with E-state index in [0.717, 1.165) is 72.6 Å². The molecule has 0 saturated carbocycles. The molecule has 0 aliphatic heterocycles. The van der Waals surface area contributed by atoms with Gasteiger partial charge in [0.05, 0.1) is 17.1 Å². The molecule has 0 atom stereocenters. The fourth-order valence-corrected chi connectivity index (χ4v) is 6.46. The highest BCUT2D eigenvalue weighted by Crippen LogP contribution is 2.27. The van der Waals surface area contributed by atoms with Gasteiger partial charge in [0.25, 0.3) is 0 Å². The van der Waals surface area contributed by atoms with Crippen LogP contribution in [0.1, 0.15) is 47.2 Å². The summed E-state index contributed by atoms with van der Waals surface area (Å²) in [6.45, 7) is 12.9. The maximum atomic E-state index is 5.21. The molecular weight excluding hydrogens is 679 g/mol. The maximum absolute atomic E-state index is 5.21. The average Bonchev–Trinajstić information content (AvgIpc) is 3.27. The fraction of sp³-hybridized carbons (Fsp3) is 0.0377. The number of aliphatic imine (C=N–C) groups is 3. The Hall–Kier alpha value is -7.23. The Kier molecular flexibility index (Phi) is 11.7. The van der Waals surface area contributed by atoms with E-state index < -0.39 is 0 Å². The molecule has 0 radical (unpaired) electrons. The van der Waals surface area contributed by atoms with Gasteiger partial charge in [-0.05, 0) is 82.6 Å². The van der Waals surface area contributed by atoms with Gasteiger partial charge in [-0.1, -0.05) is 189 Å². The van der Waals surface area contributed by atoms with E-state index in [1.54, 1.807) is 0 Å². The molecule has 0 bridgehead atoms. The van der Waals surface area contributed by atoms with Crippen molar-refractivity contribution in [2.75, 3.05) is 0 Å². The van der Waals surface area contributed by atoms with Gasteiger partial charge in [0.1, 0.15) is 0 Å². The van der Waals surface area contributed by atoms with E-state index >= 15 is 0 Å². The van der Waals surface area contributed by atoms with E-state index in [2.05, 4.69) is 147 Å². The number of benzene rings is 7. The van der Waals surface area contributed by atoms with Crippen molar-refractivity contribution >= 4 is 34.2 Å². The van der Waals surface area contributed by atoms with Crippen molar-refractivity contribution in [3.05, 3.63) is 247 Å². The van der Waals surface area contributed by atoms with Crippen LogP contribution in [0, 0.1) is 0 Å². The first-order valence-electron chi connectivity index (χ1n) is 18.7. The van der Waals surface area contributed by atoms with Crippen molar-refractivity contribution in [1.82, 2.24) is 0 Å². The summed E-state index contributed by atoms with van der Waals surface area (Å²) in [7, 11) is 0. The zero-order chi connectivity index (χ0) is 38.7. The van der Waals surface area contributed by atoms with Gasteiger partial charge in [0, 0.05) is 22.4 Å². The van der Waals surface area contributed by atoms with Crippen molar-refractivity contribution in [1.29, 1.82) is 0 Å². The number of hydrogen-bond acceptors (Lipinski definition) is 2. The van der Waals surface area contributed by atoms with Gasteiger partial charge in [-0.25, -0.2) is 15.0 Å². The lowest BCUT2D eigenvalue weighted by molar-refractivity contribution is 1.44. The lowest BCUT2D eigenvalue weighted by Gasteiger charge is -2.12. The van der Waals surface area contributed by atoms with Crippen LogP contribution >= 0.6 is 0 Å². The van der Waals surface area contributed by atoms with Gasteiger partial charge < -0.3 is 0 Å². The molecule has 3 heteroatoms. The summed E-state index contributed by atoms with van der Waals surface area (Å²) < 4.78 is 0. The number of allylic oxidation sites excluding steroid dienone is 2. The van der Waals surface area contributed by atoms with Crippen molar-refractivity contribution < 1.29 is 0 Å². The Morgan fingerprint density at radius 3 is 1.39 bits per heavy atom. The summed E-state index contributed by atoms with van der Waals surface area (Å²) in [6, 6.07) is 66.3. The topological polar surface area (TPSA) is 37.1 Å². The van der Waals surface area contributed by atoms with Crippen LogP contribution in [0.4, 0.5) is 0 Å². The zero-order valence-corrected chi connectivity index (χ0v) is 31.8. The summed E-state index contributed by atoms with van der Waals surface area (Å²) in [6.07, 6.45) is 2.15. The largest absolute Gasteiger partial charge is 0.248 e. The summed E-state index contributed by atoms with van der Waals surface area (Å²) in [5.74, 6) is 0.611. The molecule has 0 N–H and O–H groups in total. The summed E-state index contributed by atoms with van der Waals surface area (Å²) in [5.41, 5.74) is 14.6. The van der Waals surface area contributed by atoms with E-state index in [4.69, 9.17) is 15.0 Å². The van der Waals surface area contributed by atoms with Crippen molar-refractivity contribution in [3.8, 4) is 22.3 Å². The third-order valence-corrected chi connectivity index (χ3v) is 9.57. The molecule has 3 nitrogen and oxygen atoms in total. The summed E-state index contributed by atoms with van der Waals surface area (Å²) in [4.78, 5) is 15.2. The molecule has 0 aliphatic rings. The smallest absolute Gasteiger partial charge is 0.160 e. The number of rotatable bonds is 11. The van der Waals surface area contributed by atoms with Gasteiger partial charge in [-0.2, -0.15) is 0 Å². The molecule has 0 heterocycles. The van der Waals surface area contributed by atoms with Gasteiger partial charge in [0.2, 0.25) is 0 Å². The van der Waals surface area contributed by atoms with Crippen LogP contribution < -0.4 is 0 Å². The van der Waals surface area contributed by atoms with Crippen LogP contribution in [0.25, 0.3) is 39.2 Å². The molecule has 0 aliphatic carbocycles. The summed E-state index contributed by atoms with van der Waals surface area (Å²) in [5, 5.41) is 0. The lowest BCUT2D eigenvalue weighted by Crippen LogP contribution is -2.04. The minimum Gasteiger partial charge on any atom is -0.248 e. The van der Waals surface area contributed by atoms with Crippen molar-refractivity contribution in [3.63, 3.8) is 0 Å². The summed E-state index contributed by atoms with van der Waals surface area (Å²) >= 11 is 0. The predicted octanol–water partition coefficient (Wildman–Crippen LogP) is 13.5. The maximum Gasteiger partial charge on any atom is 0.160 e. The molecule has 7 aromatic carbocycles. The van der Waals surface area contributed by atoms with E-state index in [0.29, 0.717) is 17.2 Å². The normalized spacial score (nSPS) is 12.3. The first-order chi connectivity index (χ1) is 27.4. The van der Waals surface area contributed by atoms with E-state index in [9.17, 15) is 0 Å². The predicted molar refractivity (Wildman–Crippen MR) is 240 cm³/mol. The molecule has 0 unspecified atom stereocenters. The Balaban J connectivity index is 1.24. The monoisotopic (exact) mass is 721 g/mol. The van der Waals surface area contributed by atoms with Crippen LogP contribution in [-0.4, -0.2) is 17.3 Å². The molecular formula is C53H43N3. The molecule has 7 aromatic rings. The third kappa shape index (κ3) is 9.28. The highest BCUT2D eigenvalue weighted by molar-refractivity contribution is 6.15. The minimum atomic E-state index is 0.611. The van der Waals surface area contributed by atoms with E-state index in [1.807, 2.05) is 79.7 Å². The molecule has 0 fully saturated rings. The molecule has 56 heavy (non-hydrogen) atoms. The first-order valence-corrected chi connectivity index (χ1v) is 18.7. The Morgan fingerprint density at radius 2 is 0.786 bits per heavy atom. The van der Waals surface area contributed by atoms with Gasteiger partial charge in [0.15, 0.2) is 5.84 Å². The second kappa shape index (κ2) is 17.7. The Bertz CT molecular complexity index is 2600. The van der Waals surface area contributed by atoms with Gasteiger partial charge >= 0.3 is 0 Å². The van der Waals surface area contributed by atoms with Crippen LogP contribution in [-0.2, 0) is 0 Å². The SMILES string of the molecule is C=C(N=C(/C=C(\C)c1ccccc1)c1cccc(-c2cccc(C(C)=NC(=NC(=C)c3ccccc3)c3ccccc3)c2)c1)c1cccc(-c2ccccc2)c1. The van der Waals surface area contributed by atoms with Crippen LogP contribution in [0.2, 0.25) is 0 Å². The van der Waals surface area contributed by atoms with Crippen molar-refractivity contribution in [2.24, 2.45) is 15.0 Å². The molecule has 0 amide bonds. The van der Waals surface area contributed by atoms with Crippen LogP contribution in [0.5, 0.6) is 0 Å². The number of hydrogen-bond donors (Lipinski definition) is 0. The second-order valence-corrected chi connectivity index (χ2v) is 13.6. The molecule has 0 spiro atoms.